The molecule has 1 aromatic heterocycles. The molecule has 2 N–H and O–H groups in total. The van der Waals surface area contributed by atoms with E-state index in [1.54, 1.807) is 20.8 Å². The van der Waals surface area contributed by atoms with Gasteiger partial charge in [0.25, 0.3) is 0 Å². The molecule has 0 aliphatic rings. The Morgan fingerprint density at radius 3 is 2.62 bits per heavy atom. The van der Waals surface area contributed by atoms with E-state index in [1.807, 2.05) is 0 Å². The molecule has 0 amide bonds. The Morgan fingerprint density at radius 2 is 2.15 bits per heavy atom. The van der Waals surface area contributed by atoms with Crippen LogP contribution >= 0.6 is 0 Å². The fourth-order valence-electron chi connectivity index (χ4n) is 0.843. The predicted octanol–water partition coefficient (Wildman–Crippen LogP) is 0.951. The number of rotatable bonds is 4. The first-order valence-corrected chi connectivity index (χ1v) is 4.24. The third-order valence-electron chi connectivity index (χ3n) is 1.54. The molecule has 0 spiro atoms. The highest BCUT2D eigenvalue weighted by Crippen LogP contribution is 2.08. The summed E-state index contributed by atoms with van der Waals surface area (Å²) in [7, 11) is 0. The molecule has 0 radical (unpaired) electrons. The van der Waals surface area contributed by atoms with Gasteiger partial charge in [-0.25, -0.2) is 0 Å². The van der Waals surface area contributed by atoms with Crippen LogP contribution in [0.3, 0.4) is 0 Å². The molecule has 1 rings (SSSR count). The van der Waals surface area contributed by atoms with Gasteiger partial charge in [0.15, 0.2) is 0 Å². The summed E-state index contributed by atoms with van der Waals surface area (Å²) < 4.78 is 5.08. The van der Waals surface area contributed by atoms with Crippen LogP contribution in [0.5, 0.6) is 0 Å². The minimum absolute atomic E-state index is 0.404. The fraction of sp³-hybridized carbons (Fsp3) is 0.750. The van der Waals surface area contributed by atoms with Crippen molar-refractivity contribution < 1.29 is 9.52 Å². The minimum atomic E-state index is -0.665. The Morgan fingerprint density at radius 1 is 1.46 bits per heavy atom. The van der Waals surface area contributed by atoms with Crippen molar-refractivity contribution in [3.05, 3.63) is 5.89 Å². The largest absolute Gasteiger partial charge is 0.408 e. The van der Waals surface area contributed by atoms with Crippen molar-refractivity contribution in [2.45, 2.75) is 32.8 Å². The monoisotopic (exact) mass is 185 g/mol. The second kappa shape index (κ2) is 3.74. The maximum absolute atomic E-state index is 9.39. The fourth-order valence-corrected chi connectivity index (χ4v) is 0.843. The number of aliphatic hydroxyl groups is 1. The molecule has 0 saturated heterocycles. The number of nitrogens with one attached hydrogen (secondary N) is 1. The highest BCUT2D eigenvalue weighted by atomic mass is 16.4. The average Bonchev–Trinajstić information content (AvgIpc) is 2.33. The quantitative estimate of drug-likeness (QED) is 0.730. The van der Waals surface area contributed by atoms with Crippen molar-refractivity contribution >= 4 is 6.01 Å². The molecule has 0 aliphatic carbocycles. The van der Waals surface area contributed by atoms with E-state index in [4.69, 9.17) is 4.42 Å². The number of nitrogens with zero attached hydrogens (tertiary/aromatic N) is 2. The van der Waals surface area contributed by atoms with Gasteiger partial charge in [0.1, 0.15) is 0 Å². The molecule has 1 aromatic rings. The lowest BCUT2D eigenvalue weighted by Gasteiger charge is -2.16. The van der Waals surface area contributed by atoms with Crippen LogP contribution in [0, 0.1) is 6.92 Å². The van der Waals surface area contributed by atoms with Crippen LogP contribution in [-0.2, 0) is 0 Å². The molecule has 0 atom stereocenters. The Bertz CT molecular complexity index is 265. The van der Waals surface area contributed by atoms with Crippen molar-refractivity contribution in [1.29, 1.82) is 0 Å². The van der Waals surface area contributed by atoms with Gasteiger partial charge >= 0.3 is 6.01 Å². The van der Waals surface area contributed by atoms with E-state index in [0.717, 1.165) is 0 Å². The van der Waals surface area contributed by atoms with Crippen LogP contribution in [-0.4, -0.2) is 27.4 Å². The molecule has 0 bridgehead atoms. The Kier molecular flexibility index (Phi) is 2.87. The van der Waals surface area contributed by atoms with Crippen LogP contribution in [0.15, 0.2) is 4.42 Å². The molecule has 1 heterocycles. The van der Waals surface area contributed by atoms with Crippen LogP contribution in [0.1, 0.15) is 26.2 Å². The number of aromatic nitrogens is 2. The molecule has 0 saturated carbocycles. The van der Waals surface area contributed by atoms with Crippen molar-refractivity contribution in [2.75, 3.05) is 11.9 Å². The van der Waals surface area contributed by atoms with Gasteiger partial charge in [-0.1, -0.05) is 5.10 Å². The summed E-state index contributed by atoms with van der Waals surface area (Å²) in [5.41, 5.74) is -0.665. The lowest BCUT2D eigenvalue weighted by atomic mass is 10.1. The molecule has 74 valence electrons. The first-order valence-electron chi connectivity index (χ1n) is 4.24. The molecule has 0 unspecified atom stereocenters. The van der Waals surface area contributed by atoms with Crippen LogP contribution in [0.4, 0.5) is 6.01 Å². The minimum Gasteiger partial charge on any atom is -0.408 e. The van der Waals surface area contributed by atoms with Crippen molar-refractivity contribution in [1.82, 2.24) is 10.2 Å². The molecule has 0 fully saturated rings. The van der Waals surface area contributed by atoms with Crippen molar-refractivity contribution in [3.63, 3.8) is 0 Å². The summed E-state index contributed by atoms with van der Waals surface area (Å²) in [5, 5.41) is 19.7. The van der Waals surface area contributed by atoms with Crippen LogP contribution < -0.4 is 5.32 Å². The second-order valence-corrected chi connectivity index (χ2v) is 3.62. The number of aryl methyl sites for hydroxylation is 1. The normalized spacial score (nSPS) is 11.7. The second-order valence-electron chi connectivity index (χ2n) is 3.62. The van der Waals surface area contributed by atoms with E-state index in [1.165, 1.54) is 0 Å². The Balaban J connectivity index is 2.28. The SMILES string of the molecule is Cc1nnc(NCCC(C)(C)O)o1. The van der Waals surface area contributed by atoms with Gasteiger partial charge < -0.3 is 14.8 Å². The van der Waals surface area contributed by atoms with Crippen LogP contribution in [0.25, 0.3) is 0 Å². The molecule has 0 aliphatic heterocycles. The van der Waals surface area contributed by atoms with Gasteiger partial charge in [-0.2, -0.15) is 0 Å². The third-order valence-corrected chi connectivity index (χ3v) is 1.54. The van der Waals surface area contributed by atoms with Crippen molar-refractivity contribution in [3.8, 4) is 0 Å². The maximum atomic E-state index is 9.39. The molecular weight excluding hydrogens is 170 g/mol. The summed E-state index contributed by atoms with van der Waals surface area (Å²) in [5.74, 6) is 0.533. The van der Waals surface area contributed by atoms with E-state index in [0.29, 0.717) is 24.9 Å². The van der Waals surface area contributed by atoms with E-state index in [-0.39, 0.29) is 0 Å². The van der Waals surface area contributed by atoms with Gasteiger partial charge in [0.2, 0.25) is 5.89 Å². The predicted molar refractivity (Wildman–Crippen MR) is 48.4 cm³/mol. The van der Waals surface area contributed by atoms with Crippen LogP contribution in [0.2, 0.25) is 0 Å². The summed E-state index contributed by atoms with van der Waals surface area (Å²) in [6.45, 7) is 5.86. The molecular formula is C8H15N3O2. The summed E-state index contributed by atoms with van der Waals surface area (Å²) >= 11 is 0. The van der Waals surface area contributed by atoms with Gasteiger partial charge in [-0.3, -0.25) is 0 Å². The molecule has 0 aromatic carbocycles. The third kappa shape index (κ3) is 3.89. The summed E-state index contributed by atoms with van der Waals surface area (Å²) in [6.07, 6.45) is 0.633. The summed E-state index contributed by atoms with van der Waals surface area (Å²) in [6, 6.07) is 0.404. The highest BCUT2D eigenvalue weighted by Gasteiger charge is 2.12. The lowest BCUT2D eigenvalue weighted by molar-refractivity contribution is 0.0747. The zero-order valence-corrected chi connectivity index (χ0v) is 8.16. The lowest BCUT2D eigenvalue weighted by Crippen LogP contribution is -2.22. The first kappa shape index (κ1) is 9.98. The Labute approximate surface area is 77.2 Å². The zero-order chi connectivity index (χ0) is 9.90. The van der Waals surface area contributed by atoms with Gasteiger partial charge in [0, 0.05) is 13.5 Å². The topological polar surface area (TPSA) is 71.2 Å². The zero-order valence-electron chi connectivity index (χ0n) is 8.16. The molecule has 5 nitrogen and oxygen atoms in total. The number of hydrogen-bond acceptors (Lipinski definition) is 5. The van der Waals surface area contributed by atoms with Gasteiger partial charge in [-0.15, -0.1) is 5.10 Å². The Hall–Kier alpha value is -1.10. The molecule has 5 heteroatoms. The van der Waals surface area contributed by atoms with E-state index in [2.05, 4.69) is 15.5 Å². The number of hydrogen-bond donors (Lipinski definition) is 2. The average molecular weight is 185 g/mol. The van der Waals surface area contributed by atoms with Gasteiger partial charge in [-0.05, 0) is 20.3 Å². The van der Waals surface area contributed by atoms with E-state index >= 15 is 0 Å². The summed E-state index contributed by atoms with van der Waals surface area (Å²) in [4.78, 5) is 0. The maximum Gasteiger partial charge on any atom is 0.315 e. The van der Waals surface area contributed by atoms with Crippen molar-refractivity contribution in [2.24, 2.45) is 0 Å². The van der Waals surface area contributed by atoms with E-state index < -0.39 is 5.60 Å². The first-order chi connectivity index (χ1) is 5.97. The molecule has 13 heavy (non-hydrogen) atoms. The standard InChI is InChI=1S/C8H15N3O2/c1-6-10-11-7(13-6)9-5-4-8(2,3)12/h12H,4-5H2,1-3H3,(H,9,11). The smallest absolute Gasteiger partial charge is 0.315 e. The number of anilines is 1. The van der Waals surface area contributed by atoms with E-state index in [9.17, 15) is 5.11 Å². The highest BCUT2D eigenvalue weighted by molar-refractivity contribution is 5.16. The van der Waals surface area contributed by atoms with Gasteiger partial charge in [0.05, 0.1) is 5.60 Å².